The predicted octanol–water partition coefficient (Wildman–Crippen LogP) is 4.50. The average molecular weight is 461 g/mol. The van der Waals surface area contributed by atoms with Crippen LogP contribution in [-0.4, -0.2) is 42.4 Å². The van der Waals surface area contributed by atoms with Crippen LogP contribution in [0, 0.1) is 10.8 Å². The number of benzene rings is 1. The molecule has 1 aromatic carbocycles. The van der Waals surface area contributed by atoms with E-state index in [1.807, 2.05) is 31.2 Å². The molecule has 3 rings (SSSR count). The van der Waals surface area contributed by atoms with E-state index in [-0.39, 0.29) is 29.3 Å². The summed E-state index contributed by atoms with van der Waals surface area (Å²) >= 11 is 1.10. The minimum atomic E-state index is -0.838. The summed E-state index contributed by atoms with van der Waals surface area (Å²) in [5, 5.41) is -0.214. The van der Waals surface area contributed by atoms with Gasteiger partial charge in [-0.15, -0.1) is 0 Å². The molecule has 1 aromatic rings. The quantitative estimate of drug-likeness (QED) is 0.289. The van der Waals surface area contributed by atoms with Gasteiger partial charge in [0.1, 0.15) is 24.9 Å². The molecule has 0 N–H and O–H groups in total. The van der Waals surface area contributed by atoms with Gasteiger partial charge in [-0.25, -0.2) is 0 Å². The Balaban J connectivity index is 1.63. The molecule has 0 aromatic heterocycles. The van der Waals surface area contributed by atoms with Crippen molar-refractivity contribution in [2.24, 2.45) is 10.8 Å². The molecule has 2 aliphatic rings. The first-order valence-corrected chi connectivity index (χ1v) is 12.0. The molecule has 0 bridgehead atoms. The van der Waals surface area contributed by atoms with Crippen molar-refractivity contribution in [3.05, 3.63) is 41.5 Å². The van der Waals surface area contributed by atoms with Crippen LogP contribution in [0.5, 0.6) is 5.75 Å². The van der Waals surface area contributed by atoms with Crippen molar-refractivity contribution < 1.29 is 28.6 Å². The molecule has 2 atom stereocenters. The smallest absolute Gasteiger partial charge is 0.314 e. The highest BCUT2D eigenvalue weighted by molar-refractivity contribution is 8.13. The first-order valence-electron chi connectivity index (χ1n) is 11.0. The maximum absolute atomic E-state index is 13.3. The molecule has 1 saturated carbocycles. The van der Waals surface area contributed by atoms with Crippen molar-refractivity contribution in [2.75, 3.05) is 19.5 Å². The number of carbonyl (C=O) groups excluding carboxylic acids is 3. The number of ketones is 1. The number of hydrogen-bond donors (Lipinski definition) is 0. The fourth-order valence-corrected chi connectivity index (χ4v) is 4.80. The number of methoxy groups -OCH3 is 1. The molecule has 0 spiro atoms. The Morgan fingerprint density at radius 2 is 1.91 bits per heavy atom. The van der Waals surface area contributed by atoms with Crippen LogP contribution in [0.4, 0.5) is 0 Å². The molecule has 0 heterocycles. The van der Waals surface area contributed by atoms with Crippen LogP contribution >= 0.6 is 11.8 Å². The number of rotatable bonds is 10. The second-order valence-corrected chi connectivity index (χ2v) is 10.5. The molecule has 0 unspecified atom stereocenters. The Hall–Kier alpha value is -2.12. The van der Waals surface area contributed by atoms with E-state index in [4.69, 9.17) is 14.2 Å². The molecule has 2 aliphatic carbocycles. The molecule has 174 valence electrons. The lowest BCUT2D eigenvalue weighted by molar-refractivity contribution is -0.168. The van der Waals surface area contributed by atoms with Gasteiger partial charge in [0.2, 0.25) is 0 Å². The van der Waals surface area contributed by atoms with Crippen molar-refractivity contribution in [3.8, 4) is 5.75 Å². The zero-order chi connectivity index (χ0) is 23.4. The zero-order valence-corrected chi connectivity index (χ0v) is 20.1. The van der Waals surface area contributed by atoms with E-state index in [2.05, 4.69) is 19.9 Å². The van der Waals surface area contributed by atoms with E-state index < -0.39 is 17.5 Å². The fourth-order valence-electron chi connectivity index (χ4n) is 4.26. The van der Waals surface area contributed by atoms with Gasteiger partial charge in [-0.1, -0.05) is 56.3 Å². The maximum atomic E-state index is 13.3. The Morgan fingerprint density at radius 3 is 2.47 bits per heavy atom. The Bertz CT molecular complexity index is 888. The first-order chi connectivity index (χ1) is 15.2. The van der Waals surface area contributed by atoms with Gasteiger partial charge in [0, 0.05) is 6.42 Å². The van der Waals surface area contributed by atoms with Crippen LogP contribution in [0.2, 0.25) is 0 Å². The van der Waals surface area contributed by atoms with E-state index in [1.165, 1.54) is 0 Å². The second kappa shape index (κ2) is 10.2. The number of thioether (sulfide) groups is 1. The third-order valence-corrected chi connectivity index (χ3v) is 6.92. The van der Waals surface area contributed by atoms with E-state index in [0.29, 0.717) is 18.8 Å². The average Bonchev–Trinajstić information content (AvgIpc) is 3.12. The van der Waals surface area contributed by atoms with Gasteiger partial charge < -0.3 is 14.2 Å². The van der Waals surface area contributed by atoms with Crippen LogP contribution in [0.25, 0.3) is 0 Å². The molecular formula is C25H32O6S. The lowest BCUT2D eigenvalue weighted by atomic mass is 9.60. The number of Topliss-reactive ketones (excluding diaryl/α,β-unsaturated/α-hetero) is 1. The maximum Gasteiger partial charge on any atom is 0.314 e. The van der Waals surface area contributed by atoms with Crippen molar-refractivity contribution in [3.63, 3.8) is 0 Å². The molecule has 7 heteroatoms. The highest BCUT2D eigenvalue weighted by Crippen LogP contribution is 2.53. The van der Waals surface area contributed by atoms with E-state index in [1.54, 1.807) is 7.11 Å². The number of hydrogen-bond acceptors (Lipinski definition) is 7. The Labute approximate surface area is 194 Å². The summed E-state index contributed by atoms with van der Waals surface area (Å²) in [4.78, 5) is 37.2. The van der Waals surface area contributed by atoms with E-state index >= 15 is 0 Å². The third-order valence-electron chi connectivity index (χ3n) is 6.17. The Kier molecular flexibility index (Phi) is 7.83. The molecule has 32 heavy (non-hydrogen) atoms. The van der Waals surface area contributed by atoms with Gasteiger partial charge >= 0.3 is 5.97 Å². The summed E-state index contributed by atoms with van der Waals surface area (Å²) in [7, 11) is 1.61. The minimum Gasteiger partial charge on any atom is -0.497 e. The van der Waals surface area contributed by atoms with Crippen LogP contribution in [-0.2, 0) is 30.5 Å². The van der Waals surface area contributed by atoms with Crippen LogP contribution in [0.1, 0.15) is 52.0 Å². The first kappa shape index (κ1) is 24.5. The number of esters is 1. The fraction of sp³-hybridized carbons (Fsp3) is 0.560. The number of carbonyl (C=O) groups is 3. The number of ether oxygens (including phenoxy) is 3. The summed E-state index contributed by atoms with van der Waals surface area (Å²) < 4.78 is 16.5. The summed E-state index contributed by atoms with van der Waals surface area (Å²) in [6, 6.07) is 7.53. The molecule has 0 aliphatic heterocycles. The van der Waals surface area contributed by atoms with Crippen molar-refractivity contribution in [1.29, 1.82) is 0 Å². The monoisotopic (exact) mass is 460 g/mol. The SMILES string of the molecule is CCSC(=O)CC(=O)OC[C@]1(C2=CCC(C)(C)C2)C[C@@H](OCc2ccc(OC)cc2)C1=O. The third kappa shape index (κ3) is 5.62. The highest BCUT2D eigenvalue weighted by atomic mass is 32.2. The molecule has 0 amide bonds. The van der Waals surface area contributed by atoms with Gasteiger partial charge in [0.15, 0.2) is 10.9 Å². The van der Waals surface area contributed by atoms with Gasteiger partial charge in [-0.05, 0) is 41.7 Å². The molecule has 6 nitrogen and oxygen atoms in total. The van der Waals surface area contributed by atoms with Crippen molar-refractivity contribution >= 4 is 28.6 Å². The minimum absolute atomic E-state index is 0.0287. The lowest BCUT2D eigenvalue weighted by Gasteiger charge is -2.46. The van der Waals surface area contributed by atoms with Gasteiger partial charge in [0.25, 0.3) is 0 Å². The van der Waals surface area contributed by atoms with Crippen LogP contribution in [0.15, 0.2) is 35.9 Å². The lowest BCUT2D eigenvalue weighted by Crippen LogP contribution is -2.57. The highest BCUT2D eigenvalue weighted by Gasteiger charge is 2.58. The van der Waals surface area contributed by atoms with Crippen molar-refractivity contribution in [2.45, 2.75) is 59.2 Å². The van der Waals surface area contributed by atoms with Gasteiger partial charge in [-0.2, -0.15) is 0 Å². The number of allylic oxidation sites excluding steroid dienone is 1. The normalized spacial score (nSPS) is 23.9. The summed E-state index contributed by atoms with van der Waals surface area (Å²) in [6.45, 7) is 6.48. The van der Waals surface area contributed by atoms with Gasteiger partial charge in [-0.3, -0.25) is 14.4 Å². The summed E-state index contributed by atoms with van der Waals surface area (Å²) in [5.74, 6) is 0.755. The van der Waals surface area contributed by atoms with Crippen LogP contribution in [0.3, 0.4) is 0 Å². The van der Waals surface area contributed by atoms with E-state index in [0.717, 1.165) is 41.5 Å². The predicted molar refractivity (Wildman–Crippen MR) is 123 cm³/mol. The summed E-state index contributed by atoms with van der Waals surface area (Å²) in [5.41, 5.74) is 1.22. The summed E-state index contributed by atoms with van der Waals surface area (Å²) in [6.07, 6.45) is 3.46. The zero-order valence-electron chi connectivity index (χ0n) is 19.3. The molecule has 1 fully saturated rings. The van der Waals surface area contributed by atoms with Crippen molar-refractivity contribution in [1.82, 2.24) is 0 Å². The topological polar surface area (TPSA) is 78.9 Å². The van der Waals surface area contributed by atoms with Gasteiger partial charge in [0.05, 0.1) is 19.1 Å². The van der Waals surface area contributed by atoms with Crippen LogP contribution < -0.4 is 4.74 Å². The molecular weight excluding hydrogens is 428 g/mol. The van der Waals surface area contributed by atoms with E-state index in [9.17, 15) is 14.4 Å². The molecule has 0 saturated heterocycles. The standard InChI is InChI=1S/C25H32O6S/c1-5-32-22(27)12-21(26)31-16-25(18-10-11-24(2,3)13-18)14-20(23(25)28)30-15-17-6-8-19(29-4)9-7-17/h6-10,20H,5,11-16H2,1-4H3/t20-,25+/m1/s1. The largest absolute Gasteiger partial charge is 0.497 e. The Morgan fingerprint density at radius 1 is 1.19 bits per heavy atom. The molecule has 0 radical (unpaired) electrons. The second-order valence-electron chi connectivity index (χ2n) is 9.22.